The fourth-order valence-electron chi connectivity index (χ4n) is 0.337. The maximum atomic E-state index is 10.3. The van der Waals surface area contributed by atoms with Crippen LogP contribution in [0.2, 0.25) is 0 Å². The number of Topliss-reactive ketones (excluding diaryl/α,β-unsaturated/α-hetero) is 1. The van der Waals surface area contributed by atoms with Crippen molar-refractivity contribution in [3.8, 4) is 0 Å². The fraction of sp³-hybridized carbons (Fsp3) is 0.333. The van der Waals surface area contributed by atoms with Gasteiger partial charge < -0.3 is 6.22 Å². The standard InChI is InChI=1S/C6H8O2.Li.H/c1-2-3-6(8)4-5-7;;/h2,5H,1,3-4H2;;/q;+1;-1. The molecule has 0 spiro atoms. The molecule has 0 fully saturated rings. The number of allylic oxidation sites excluding steroid dienone is 1. The zero-order valence-corrected chi connectivity index (χ0v) is 5.59. The first-order chi connectivity index (χ1) is 3.81. The van der Waals surface area contributed by atoms with E-state index in [1.54, 1.807) is 0 Å². The summed E-state index contributed by atoms with van der Waals surface area (Å²) in [5.41, 5.74) is 0. The Kier molecular flexibility index (Phi) is 9.79. The van der Waals surface area contributed by atoms with Gasteiger partial charge in [-0.3, -0.25) is 4.79 Å². The Bertz CT molecular complexity index is 102. The number of carbonyl (C=O) groups excluding carboxylic acids is 2. The first-order valence-corrected chi connectivity index (χ1v) is 2.37. The number of hydrogen-bond donors (Lipinski definition) is 0. The van der Waals surface area contributed by atoms with Crippen LogP contribution in [0.3, 0.4) is 0 Å². The van der Waals surface area contributed by atoms with Crippen LogP contribution in [0.15, 0.2) is 12.7 Å². The van der Waals surface area contributed by atoms with Crippen LogP contribution in [-0.2, 0) is 9.59 Å². The maximum Gasteiger partial charge on any atom is 1.00 e. The van der Waals surface area contributed by atoms with Gasteiger partial charge in [0.1, 0.15) is 12.1 Å². The largest absolute Gasteiger partial charge is 1.00 e. The Labute approximate surface area is 68.0 Å². The van der Waals surface area contributed by atoms with E-state index in [9.17, 15) is 9.59 Å². The normalized spacial score (nSPS) is 7.11. The zero-order chi connectivity index (χ0) is 6.41. The van der Waals surface area contributed by atoms with Crippen molar-refractivity contribution in [2.24, 2.45) is 0 Å². The Morgan fingerprint density at radius 1 is 1.56 bits per heavy atom. The number of carbonyl (C=O) groups is 2. The van der Waals surface area contributed by atoms with Crippen molar-refractivity contribution in [3.63, 3.8) is 0 Å². The Balaban J connectivity index is -0.000000245. The second-order valence-corrected chi connectivity index (χ2v) is 1.40. The van der Waals surface area contributed by atoms with E-state index in [-0.39, 0.29) is 32.5 Å². The predicted octanol–water partition coefficient (Wildman–Crippen LogP) is -2.16. The molecule has 0 aromatic heterocycles. The van der Waals surface area contributed by atoms with Crippen LogP contribution in [0.4, 0.5) is 0 Å². The zero-order valence-electron chi connectivity index (χ0n) is 6.59. The molecule has 46 valence electrons. The minimum atomic E-state index is -0.0741. The molecule has 0 aromatic carbocycles. The van der Waals surface area contributed by atoms with Crippen LogP contribution in [0, 0.1) is 0 Å². The molecular weight excluding hydrogens is 111 g/mol. The summed E-state index contributed by atoms with van der Waals surface area (Å²) in [4.78, 5) is 20.0. The van der Waals surface area contributed by atoms with E-state index in [0.29, 0.717) is 12.7 Å². The predicted molar refractivity (Wildman–Crippen MR) is 31.6 cm³/mol. The molecule has 0 rings (SSSR count). The topological polar surface area (TPSA) is 34.1 Å². The van der Waals surface area contributed by atoms with Gasteiger partial charge in [0.15, 0.2) is 0 Å². The molecule has 0 radical (unpaired) electrons. The van der Waals surface area contributed by atoms with E-state index in [4.69, 9.17) is 0 Å². The molecule has 0 aromatic rings. The minimum Gasteiger partial charge on any atom is -1.00 e. The van der Waals surface area contributed by atoms with Crippen LogP contribution in [0.25, 0.3) is 0 Å². The van der Waals surface area contributed by atoms with E-state index in [0.717, 1.165) is 0 Å². The van der Waals surface area contributed by atoms with Crippen molar-refractivity contribution in [2.45, 2.75) is 12.8 Å². The average molecular weight is 120 g/mol. The van der Waals surface area contributed by atoms with E-state index in [2.05, 4.69) is 6.58 Å². The Morgan fingerprint density at radius 2 is 2.11 bits per heavy atom. The van der Waals surface area contributed by atoms with Crippen molar-refractivity contribution in [1.82, 2.24) is 0 Å². The summed E-state index contributed by atoms with van der Waals surface area (Å²) >= 11 is 0. The summed E-state index contributed by atoms with van der Waals surface area (Å²) in [6.45, 7) is 3.35. The number of ketones is 1. The van der Waals surface area contributed by atoms with E-state index in [1.165, 1.54) is 6.08 Å². The van der Waals surface area contributed by atoms with Gasteiger partial charge in [0.2, 0.25) is 0 Å². The third-order valence-corrected chi connectivity index (χ3v) is 0.683. The third kappa shape index (κ3) is 7.68. The molecule has 3 heteroatoms. The van der Waals surface area contributed by atoms with Crippen molar-refractivity contribution in [2.75, 3.05) is 0 Å². The smallest absolute Gasteiger partial charge is 1.00 e. The van der Waals surface area contributed by atoms with Gasteiger partial charge in [-0.1, -0.05) is 6.08 Å². The van der Waals surface area contributed by atoms with Crippen molar-refractivity contribution < 1.29 is 29.9 Å². The molecule has 0 aliphatic carbocycles. The van der Waals surface area contributed by atoms with Crippen molar-refractivity contribution in [1.29, 1.82) is 0 Å². The van der Waals surface area contributed by atoms with Crippen LogP contribution in [0.5, 0.6) is 0 Å². The molecule has 0 aliphatic heterocycles. The van der Waals surface area contributed by atoms with Gasteiger partial charge in [-0.2, -0.15) is 0 Å². The summed E-state index contributed by atoms with van der Waals surface area (Å²) in [6, 6.07) is 0. The number of hydrogen-bond acceptors (Lipinski definition) is 2. The molecular formula is C6H9LiO2. The first kappa shape index (κ1) is 11.5. The molecule has 0 bridgehead atoms. The van der Waals surface area contributed by atoms with Crippen LogP contribution >= 0.6 is 0 Å². The average Bonchev–Trinajstić information content (AvgIpc) is 1.68. The molecule has 0 atom stereocenters. The summed E-state index contributed by atoms with van der Waals surface area (Å²) in [5, 5.41) is 0. The van der Waals surface area contributed by atoms with Gasteiger partial charge in [-0.05, 0) is 0 Å². The summed E-state index contributed by atoms with van der Waals surface area (Å²) in [6.07, 6.45) is 2.42. The van der Waals surface area contributed by atoms with Crippen LogP contribution in [0.1, 0.15) is 14.3 Å². The SMILES string of the molecule is C=CCC(=O)CC=O.[H-].[Li+]. The van der Waals surface area contributed by atoms with Crippen molar-refractivity contribution >= 4 is 12.1 Å². The molecule has 0 amide bonds. The monoisotopic (exact) mass is 120 g/mol. The van der Waals surface area contributed by atoms with Gasteiger partial charge in [-0.15, -0.1) is 6.58 Å². The molecule has 0 saturated heterocycles. The summed E-state index contributed by atoms with van der Waals surface area (Å²) in [7, 11) is 0. The Hall–Kier alpha value is -0.323. The maximum absolute atomic E-state index is 10.3. The Morgan fingerprint density at radius 3 is 2.44 bits per heavy atom. The van der Waals surface area contributed by atoms with Gasteiger partial charge in [0.25, 0.3) is 0 Å². The fourth-order valence-corrected chi connectivity index (χ4v) is 0.337. The third-order valence-electron chi connectivity index (χ3n) is 0.683. The summed E-state index contributed by atoms with van der Waals surface area (Å²) < 4.78 is 0. The second kappa shape index (κ2) is 7.68. The van der Waals surface area contributed by atoms with Gasteiger partial charge in [-0.25, -0.2) is 0 Å². The molecule has 9 heavy (non-hydrogen) atoms. The second-order valence-electron chi connectivity index (χ2n) is 1.40. The summed E-state index contributed by atoms with van der Waals surface area (Å²) in [5.74, 6) is -0.0741. The van der Waals surface area contributed by atoms with Crippen LogP contribution < -0.4 is 18.9 Å². The van der Waals surface area contributed by atoms with Gasteiger partial charge in [0.05, 0.1) is 6.42 Å². The quantitative estimate of drug-likeness (QED) is 0.183. The van der Waals surface area contributed by atoms with Gasteiger partial charge in [0, 0.05) is 6.42 Å². The first-order valence-electron chi connectivity index (χ1n) is 2.37. The molecule has 0 aliphatic rings. The van der Waals surface area contributed by atoms with Crippen molar-refractivity contribution in [3.05, 3.63) is 12.7 Å². The van der Waals surface area contributed by atoms with E-state index < -0.39 is 0 Å². The molecule has 0 unspecified atom stereocenters. The van der Waals surface area contributed by atoms with E-state index in [1.807, 2.05) is 0 Å². The molecule has 2 nitrogen and oxygen atoms in total. The molecule has 0 N–H and O–H groups in total. The molecule has 0 heterocycles. The van der Waals surface area contributed by atoms with Gasteiger partial charge >= 0.3 is 18.9 Å². The minimum absolute atomic E-state index is 0. The molecule has 0 saturated carbocycles. The van der Waals surface area contributed by atoms with E-state index >= 15 is 0 Å². The van der Waals surface area contributed by atoms with Crippen LogP contribution in [-0.4, -0.2) is 12.1 Å². The number of aldehydes is 1. The number of rotatable bonds is 4.